The maximum absolute atomic E-state index is 4.00. The number of H-pyrrole nitrogens is 1. The smallest absolute Gasteiger partial charge is 0.115 e. The second-order valence-electron chi connectivity index (χ2n) is 2.33. The molecule has 1 N–H and O–H groups in total. The molecule has 2 aromatic heterocycles. The Balaban J connectivity index is 2.64. The van der Waals surface area contributed by atoms with Gasteiger partial charge in [0, 0.05) is 26.9 Å². The van der Waals surface area contributed by atoms with Crippen LogP contribution < -0.4 is 0 Å². The summed E-state index contributed by atoms with van der Waals surface area (Å²) in [6, 6.07) is 0. The SMILES string of the molecule is Brc1cncc(Br)c1-c1cn[nH]n1. The number of aromatic nitrogens is 4. The third-order valence-corrected chi connectivity index (χ3v) is 2.73. The van der Waals surface area contributed by atoms with Crippen molar-refractivity contribution in [3.63, 3.8) is 0 Å². The molecule has 0 bridgehead atoms. The van der Waals surface area contributed by atoms with E-state index in [-0.39, 0.29) is 0 Å². The Morgan fingerprint density at radius 3 is 2.31 bits per heavy atom. The van der Waals surface area contributed by atoms with Crippen molar-refractivity contribution in [3.8, 4) is 11.3 Å². The maximum atomic E-state index is 4.00. The fourth-order valence-electron chi connectivity index (χ4n) is 0.978. The standard InChI is InChI=1S/C7H4Br2N4/c8-4-1-10-2-5(9)7(4)6-3-11-13-12-6/h1-3H,(H,11,12,13). The predicted molar refractivity (Wildman–Crippen MR) is 55.0 cm³/mol. The average molecular weight is 304 g/mol. The van der Waals surface area contributed by atoms with Crippen molar-refractivity contribution in [3.05, 3.63) is 27.5 Å². The van der Waals surface area contributed by atoms with Crippen molar-refractivity contribution in [2.45, 2.75) is 0 Å². The third-order valence-electron chi connectivity index (χ3n) is 1.52. The molecule has 0 aliphatic rings. The van der Waals surface area contributed by atoms with E-state index in [0.29, 0.717) is 0 Å². The van der Waals surface area contributed by atoms with E-state index in [0.717, 1.165) is 20.2 Å². The Hall–Kier alpha value is -0.750. The second kappa shape index (κ2) is 3.55. The topological polar surface area (TPSA) is 54.5 Å². The molecule has 2 aromatic rings. The second-order valence-corrected chi connectivity index (χ2v) is 4.04. The van der Waals surface area contributed by atoms with Gasteiger partial charge in [-0.1, -0.05) is 0 Å². The molecule has 0 unspecified atom stereocenters. The van der Waals surface area contributed by atoms with Gasteiger partial charge in [0.25, 0.3) is 0 Å². The van der Waals surface area contributed by atoms with E-state index in [1.165, 1.54) is 0 Å². The van der Waals surface area contributed by atoms with Gasteiger partial charge < -0.3 is 0 Å². The van der Waals surface area contributed by atoms with Gasteiger partial charge >= 0.3 is 0 Å². The van der Waals surface area contributed by atoms with Crippen molar-refractivity contribution in [1.29, 1.82) is 0 Å². The molecule has 0 aliphatic heterocycles. The fraction of sp³-hybridized carbons (Fsp3) is 0. The minimum Gasteiger partial charge on any atom is -0.262 e. The van der Waals surface area contributed by atoms with Gasteiger partial charge in [0.2, 0.25) is 0 Å². The Kier molecular flexibility index (Phi) is 2.41. The molecule has 0 aliphatic carbocycles. The van der Waals surface area contributed by atoms with E-state index < -0.39 is 0 Å². The zero-order valence-corrected chi connectivity index (χ0v) is 9.50. The molecule has 0 radical (unpaired) electrons. The summed E-state index contributed by atoms with van der Waals surface area (Å²) in [7, 11) is 0. The van der Waals surface area contributed by atoms with Gasteiger partial charge in [-0.25, -0.2) is 0 Å². The maximum Gasteiger partial charge on any atom is 0.115 e. The molecule has 2 rings (SSSR count). The van der Waals surface area contributed by atoms with Gasteiger partial charge in [-0.3, -0.25) is 4.98 Å². The van der Waals surface area contributed by atoms with Crippen molar-refractivity contribution in [1.82, 2.24) is 20.4 Å². The van der Waals surface area contributed by atoms with Crippen molar-refractivity contribution >= 4 is 31.9 Å². The Bertz CT molecular complexity index is 392. The van der Waals surface area contributed by atoms with Crippen LogP contribution in [0.25, 0.3) is 11.3 Å². The Morgan fingerprint density at radius 1 is 1.08 bits per heavy atom. The van der Waals surface area contributed by atoms with Crippen molar-refractivity contribution in [2.75, 3.05) is 0 Å². The van der Waals surface area contributed by atoms with Gasteiger partial charge in [-0.15, -0.1) is 0 Å². The molecule has 2 heterocycles. The van der Waals surface area contributed by atoms with Crippen LogP contribution in [0.15, 0.2) is 27.5 Å². The van der Waals surface area contributed by atoms with Crippen LogP contribution in [0.5, 0.6) is 0 Å². The summed E-state index contributed by atoms with van der Waals surface area (Å²) in [4.78, 5) is 4.00. The van der Waals surface area contributed by atoms with Gasteiger partial charge in [-0.2, -0.15) is 15.4 Å². The molecule has 66 valence electrons. The molecule has 6 heteroatoms. The lowest BCUT2D eigenvalue weighted by atomic mass is 10.2. The molecular weight excluding hydrogens is 300 g/mol. The van der Waals surface area contributed by atoms with Gasteiger partial charge in [0.05, 0.1) is 6.20 Å². The van der Waals surface area contributed by atoms with Crippen LogP contribution in [-0.4, -0.2) is 20.4 Å². The predicted octanol–water partition coefficient (Wildman–Crippen LogP) is 2.39. The highest BCUT2D eigenvalue weighted by Gasteiger charge is 2.09. The molecule has 0 saturated heterocycles. The Labute approximate surface area is 91.0 Å². The summed E-state index contributed by atoms with van der Waals surface area (Å²) in [5, 5.41) is 10.3. The normalized spacial score (nSPS) is 10.3. The highest BCUT2D eigenvalue weighted by molar-refractivity contribution is 9.11. The minimum atomic E-state index is 0.779. The first-order valence-electron chi connectivity index (χ1n) is 3.44. The lowest BCUT2D eigenvalue weighted by Crippen LogP contribution is -1.84. The molecule has 13 heavy (non-hydrogen) atoms. The summed E-state index contributed by atoms with van der Waals surface area (Å²) < 4.78 is 1.77. The number of halogens is 2. The van der Waals surface area contributed by atoms with Crippen LogP contribution in [0.1, 0.15) is 0 Å². The van der Waals surface area contributed by atoms with E-state index in [2.05, 4.69) is 52.3 Å². The number of hydrogen-bond acceptors (Lipinski definition) is 3. The summed E-state index contributed by atoms with van der Waals surface area (Å²) >= 11 is 6.79. The van der Waals surface area contributed by atoms with E-state index in [1.54, 1.807) is 18.6 Å². The number of rotatable bonds is 1. The molecule has 0 saturated carbocycles. The van der Waals surface area contributed by atoms with E-state index in [4.69, 9.17) is 0 Å². The number of aromatic amines is 1. The molecule has 0 spiro atoms. The van der Waals surface area contributed by atoms with Crippen molar-refractivity contribution < 1.29 is 0 Å². The van der Waals surface area contributed by atoms with Gasteiger partial charge in [0.1, 0.15) is 5.69 Å². The largest absolute Gasteiger partial charge is 0.262 e. The van der Waals surface area contributed by atoms with Crippen LogP contribution in [-0.2, 0) is 0 Å². The number of nitrogens with one attached hydrogen (secondary N) is 1. The molecule has 0 amide bonds. The highest BCUT2D eigenvalue weighted by Crippen LogP contribution is 2.31. The first kappa shape index (κ1) is 8.83. The zero-order chi connectivity index (χ0) is 9.26. The average Bonchev–Trinajstić information content (AvgIpc) is 2.57. The summed E-state index contributed by atoms with van der Waals surface area (Å²) in [6.45, 7) is 0. The number of nitrogens with zero attached hydrogens (tertiary/aromatic N) is 3. The molecular formula is C7H4Br2N4. The van der Waals surface area contributed by atoms with Gasteiger partial charge in [0.15, 0.2) is 0 Å². The van der Waals surface area contributed by atoms with Crippen LogP contribution >= 0.6 is 31.9 Å². The quantitative estimate of drug-likeness (QED) is 0.880. The van der Waals surface area contributed by atoms with Crippen LogP contribution in [0.3, 0.4) is 0 Å². The van der Waals surface area contributed by atoms with E-state index in [1.807, 2.05) is 0 Å². The summed E-state index contributed by atoms with van der Waals surface area (Å²) in [5.74, 6) is 0. The Morgan fingerprint density at radius 2 is 1.77 bits per heavy atom. The molecule has 4 nitrogen and oxygen atoms in total. The summed E-state index contributed by atoms with van der Waals surface area (Å²) in [6.07, 6.45) is 5.09. The number of hydrogen-bond donors (Lipinski definition) is 1. The van der Waals surface area contributed by atoms with E-state index >= 15 is 0 Å². The third kappa shape index (κ3) is 1.64. The summed E-state index contributed by atoms with van der Waals surface area (Å²) in [5.41, 5.74) is 1.73. The van der Waals surface area contributed by atoms with Crippen LogP contribution in [0, 0.1) is 0 Å². The van der Waals surface area contributed by atoms with Crippen molar-refractivity contribution in [2.24, 2.45) is 0 Å². The lowest BCUT2D eigenvalue weighted by molar-refractivity contribution is 0.941. The van der Waals surface area contributed by atoms with Crippen LogP contribution in [0.2, 0.25) is 0 Å². The number of pyridine rings is 1. The highest BCUT2D eigenvalue weighted by atomic mass is 79.9. The van der Waals surface area contributed by atoms with E-state index in [9.17, 15) is 0 Å². The molecule has 0 atom stereocenters. The first-order chi connectivity index (χ1) is 6.29. The molecule has 0 fully saturated rings. The fourth-order valence-corrected chi connectivity index (χ4v) is 2.31. The lowest BCUT2D eigenvalue weighted by Gasteiger charge is -2.01. The van der Waals surface area contributed by atoms with Crippen LogP contribution in [0.4, 0.5) is 0 Å². The zero-order valence-electron chi connectivity index (χ0n) is 6.33. The first-order valence-corrected chi connectivity index (χ1v) is 5.03. The van der Waals surface area contributed by atoms with Gasteiger partial charge in [-0.05, 0) is 31.9 Å². The monoisotopic (exact) mass is 302 g/mol. The molecule has 0 aromatic carbocycles. The minimum absolute atomic E-state index is 0.779.